The largest absolute Gasteiger partial charge is 0.573 e. The minimum Gasteiger partial charge on any atom is -0.406 e. The van der Waals surface area contributed by atoms with Crippen LogP contribution in [-0.4, -0.2) is 17.6 Å². The Labute approximate surface area is 71.2 Å². The van der Waals surface area contributed by atoms with Crippen LogP contribution in [0.25, 0.3) is 0 Å². The van der Waals surface area contributed by atoms with Gasteiger partial charge in [-0.15, -0.1) is 13.2 Å². The number of pyridine rings is 1. The van der Waals surface area contributed by atoms with Crippen molar-refractivity contribution in [1.29, 1.82) is 0 Å². The van der Waals surface area contributed by atoms with Gasteiger partial charge in [0, 0.05) is 12.3 Å². The number of halogens is 3. The molecule has 0 aliphatic rings. The number of carbonyl (C=O) groups excluding carboxylic acids is 1. The molecule has 0 N–H and O–H groups in total. The van der Waals surface area contributed by atoms with E-state index in [-0.39, 0.29) is 5.69 Å². The molecule has 0 aliphatic carbocycles. The van der Waals surface area contributed by atoms with Crippen LogP contribution in [0.4, 0.5) is 13.2 Å². The lowest BCUT2D eigenvalue weighted by molar-refractivity contribution is -0.274. The topological polar surface area (TPSA) is 39.2 Å². The van der Waals surface area contributed by atoms with Crippen LogP contribution in [0.15, 0.2) is 18.3 Å². The van der Waals surface area contributed by atoms with Crippen LogP contribution in [0.2, 0.25) is 0 Å². The Morgan fingerprint density at radius 1 is 1.46 bits per heavy atom. The summed E-state index contributed by atoms with van der Waals surface area (Å²) in [5.74, 6) is -0.454. The predicted molar refractivity (Wildman–Crippen MR) is 36.3 cm³/mol. The highest BCUT2D eigenvalue weighted by atomic mass is 19.4. The van der Waals surface area contributed by atoms with E-state index in [1.165, 1.54) is 0 Å². The quantitative estimate of drug-likeness (QED) is 0.669. The first kappa shape index (κ1) is 9.50. The zero-order chi connectivity index (χ0) is 9.90. The van der Waals surface area contributed by atoms with Gasteiger partial charge < -0.3 is 4.74 Å². The number of ether oxygens (including phenoxy) is 1. The molecule has 0 unspecified atom stereocenters. The first-order valence-electron chi connectivity index (χ1n) is 3.18. The lowest BCUT2D eigenvalue weighted by Crippen LogP contribution is -2.17. The number of alkyl halides is 3. The van der Waals surface area contributed by atoms with Gasteiger partial charge in [0.15, 0.2) is 6.29 Å². The molecule has 0 radical (unpaired) electrons. The minimum atomic E-state index is -4.75. The van der Waals surface area contributed by atoms with Crippen molar-refractivity contribution in [2.75, 3.05) is 0 Å². The van der Waals surface area contributed by atoms with Crippen molar-refractivity contribution in [1.82, 2.24) is 4.98 Å². The summed E-state index contributed by atoms with van der Waals surface area (Å²) in [5, 5.41) is 0. The molecule has 1 aromatic rings. The number of hydrogen-bond donors (Lipinski definition) is 0. The summed E-state index contributed by atoms with van der Waals surface area (Å²) in [6.45, 7) is 0. The number of hydrogen-bond acceptors (Lipinski definition) is 3. The van der Waals surface area contributed by atoms with Crippen molar-refractivity contribution in [2.45, 2.75) is 6.36 Å². The highest BCUT2D eigenvalue weighted by molar-refractivity contribution is 5.72. The first-order chi connectivity index (χ1) is 6.01. The van der Waals surface area contributed by atoms with Gasteiger partial charge in [0.1, 0.15) is 11.4 Å². The minimum absolute atomic E-state index is 0.109. The van der Waals surface area contributed by atoms with Crippen molar-refractivity contribution < 1.29 is 22.7 Å². The Morgan fingerprint density at radius 3 is 2.69 bits per heavy atom. The van der Waals surface area contributed by atoms with Gasteiger partial charge in [-0.3, -0.25) is 9.78 Å². The molecule has 0 amide bonds. The molecule has 13 heavy (non-hydrogen) atoms. The average Bonchev–Trinajstić information content (AvgIpc) is 2.01. The van der Waals surface area contributed by atoms with E-state index in [2.05, 4.69) is 9.72 Å². The Bertz CT molecular complexity index is 311. The number of rotatable bonds is 2. The van der Waals surface area contributed by atoms with Crippen molar-refractivity contribution in [3.63, 3.8) is 0 Å². The maximum atomic E-state index is 11.6. The van der Waals surface area contributed by atoms with E-state index >= 15 is 0 Å². The summed E-state index contributed by atoms with van der Waals surface area (Å²) in [6.07, 6.45) is -3.35. The molecular weight excluding hydrogens is 187 g/mol. The van der Waals surface area contributed by atoms with E-state index in [1.54, 1.807) is 0 Å². The second-order valence-electron chi connectivity index (χ2n) is 2.08. The first-order valence-corrected chi connectivity index (χ1v) is 3.18. The second kappa shape index (κ2) is 3.42. The average molecular weight is 191 g/mol. The maximum Gasteiger partial charge on any atom is 0.573 e. The molecule has 0 spiro atoms. The fourth-order valence-corrected chi connectivity index (χ4v) is 0.689. The smallest absolute Gasteiger partial charge is 0.406 e. The van der Waals surface area contributed by atoms with E-state index in [1.807, 2.05) is 0 Å². The van der Waals surface area contributed by atoms with E-state index in [4.69, 9.17) is 0 Å². The molecule has 0 aromatic carbocycles. The van der Waals surface area contributed by atoms with Crippen molar-refractivity contribution in [3.8, 4) is 5.75 Å². The zero-order valence-electron chi connectivity index (χ0n) is 6.21. The molecule has 70 valence electrons. The molecule has 0 saturated carbocycles. The van der Waals surface area contributed by atoms with Gasteiger partial charge >= 0.3 is 6.36 Å². The van der Waals surface area contributed by atoms with Crippen LogP contribution in [0.3, 0.4) is 0 Å². The molecule has 1 heterocycles. The van der Waals surface area contributed by atoms with Gasteiger partial charge in [0.2, 0.25) is 0 Å². The van der Waals surface area contributed by atoms with Crippen molar-refractivity contribution >= 4 is 6.29 Å². The number of nitrogens with zero attached hydrogens (tertiary/aromatic N) is 1. The number of aldehydes is 1. The van der Waals surface area contributed by atoms with Gasteiger partial charge in [-0.1, -0.05) is 0 Å². The lowest BCUT2D eigenvalue weighted by atomic mass is 10.3. The van der Waals surface area contributed by atoms with Gasteiger partial charge in [-0.05, 0) is 6.07 Å². The molecule has 1 aromatic heterocycles. The normalized spacial score (nSPS) is 11.0. The zero-order valence-corrected chi connectivity index (χ0v) is 6.21. The molecule has 3 nitrogen and oxygen atoms in total. The Hall–Kier alpha value is -1.59. The molecular formula is C7H4F3NO2. The second-order valence-corrected chi connectivity index (χ2v) is 2.08. The van der Waals surface area contributed by atoms with Gasteiger partial charge in [0.05, 0.1) is 0 Å². The van der Waals surface area contributed by atoms with Gasteiger partial charge in [0.25, 0.3) is 0 Å². The fourth-order valence-electron chi connectivity index (χ4n) is 0.689. The summed E-state index contributed by atoms with van der Waals surface area (Å²) in [5.41, 5.74) is -0.109. The summed E-state index contributed by atoms with van der Waals surface area (Å²) in [4.78, 5) is 13.6. The third-order valence-electron chi connectivity index (χ3n) is 1.11. The van der Waals surface area contributed by atoms with E-state index in [0.717, 1.165) is 18.3 Å². The SMILES string of the molecule is O=Cc1cc(OC(F)(F)F)ccn1. The monoisotopic (exact) mass is 191 g/mol. The molecule has 0 atom stereocenters. The summed E-state index contributed by atoms with van der Waals surface area (Å²) < 4.78 is 38.5. The summed E-state index contributed by atoms with van der Waals surface area (Å²) in [7, 11) is 0. The Balaban J connectivity index is 2.84. The molecule has 0 fully saturated rings. The lowest BCUT2D eigenvalue weighted by Gasteiger charge is -2.07. The van der Waals surface area contributed by atoms with Crippen LogP contribution < -0.4 is 4.74 Å². The molecule has 0 aliphatic heterocycles. The van der Waals surface area contributed by atoms with Crippen LogP contribution in [0, 0.1) is 0 Å². The van der Waals surface area contributed by atoms with Crippen molar-refractivity contribution in [2.24, 2.45) is 0 Å². The third-order valence-corrected chi connectivity index (χ3v) is 1.11. The molecule has 6 heteroatoms. The molecule has 0 bridgehead atoms. The maximum absolute atomic E-state index is 11.6. The highest BCUT2D eigenvalue weighted by Gasteiger charge is 2.31. The Morgan fingerprint density at radius 2 is 2.15 bits per heavy atom. The highest BCUT2D eigenvalue weighted by Crippen LogP contribution is 2.21. The summed E-state index contributed by atoms with van der Waals surface area (Å²) in [6, 6.07) is 1.92. The van der Waals surface area contributed by atoms with Crippen LogP contribution in [-0.2, 0) is 0 Å². The van der Waals surface area contributed by atoms with E-state index in [9.17, 15) is 18.0 Å². The molecule has 1 rings (SSSR count). The third kappa shape index (κ3) is 3.10. The van der Waals surface area contributed by atoms with Crippen LogP contribution >= 0.6 is 0 Å². The number of carbonyl (C=O) groups is 1. The number of aromatic nitrogens is 1. The standard InChI is InChI=1S/C7H4F3NO2/c8-7(9,10)13-6-1-2-11-5(3-6)4-12/h1-4H. The fraction of sp³-hybridized carbons (Fsp3) is 0.143. The molecule has 0 saturated heterocycles. The Kier molecular flexibility index (Phi) is 2.50. The van der Waals surface area contributed by atoms with Gasteiger partial charge in [-0.2, -0.15) is 0 Å². The van der Waals surface area contributed by atoms with Crippen molar-refractivity contribution in [3.05, 3.63) is 24.0 Å². The van der Waals surface area contributed by atoms with Gasteiger partial charge in [-0.25, -0.2) is 0 Å². The summed E-state index contributed by atoms with van der Waals surface area (Å²) >= 11 is 0. The van der Waals surface area contributed by atoms with E-state index in [0.29, 0.717) is 6.29 Å². The predicted octanol–water partition coefficient (Wildman–Crippen LogP) is 1.79. The van der Waals surface area contributed by atoms with E-state index < -0.39 is 12.1 Å². The van der Waals surface area contributed by atoms with Crippen LogP contribution in [0.5, 0.6) is 5.75 Å². The van der Waals surface area contributed by atoms with Crippen LogP contribution in [0.1, 0.15) is 10.5 Å².